The van der Waals surface area contributed by atoms with E-state index in [1.807, 2.05) is 6.20 Å². The summed E-state index contributed by atoms with van der Waals surface area (Å²) >= 11 is 0. The van der Waals surface area contributed by atoms with Crippen molar-refractivity contribution in [3.8, 4) is 11.1 Å². The van der Waals surface area contributed by atoms with Gasteiger partial charge in [-0.3, -0.25) is 4.79 Å². The Kier molecular flexibility index (Phi) is 2.74. The molecular weight excluding hydrogens is 314 g/mol. The van der Waals surface area contributed by atoms with Crippen molar-refractivity contribution in [2.75, 3.05) is 11.6 Å². The SMILES string of the molecule is Cn1cc2c3c(c[nH]c3c1=O)CNc1ccc(S(C)(=O)=O)cc1-2. The van der Waals surface area contributed by atoms with Gasteiger partial charge < -0.3 is 14.9 Å². The molecule has 1 aromatic carbocycles. The molecule has 2 N–H and O–H groups in total. The first-order chi connectivity index (χ1) is 10.9. The van der Waals surface area contributed by atoms with E-state index in [1.54, 1.807) is 31.4 Å². The third-order valence-electron chi connectivity index (χ3n) is 4.27. The Morgan fingerprint density at radius 3 is 2.74 bits per heavy atom. The number of benzene rings is 1. The van der Waals surface area contributed by atoms with E-state index in [2.05, 4.69) is 10.3 Å². The van der Waals surface area contributed by atoms with Gasteiger partial charge in [-0.05, 0) is 23.8 Å². The van der Waals surface area contributed by atoms with E-state index in [4.69, 9.17) is 0 Å². The quantitative estimate of drug-likeness (QED) is 0.714. The number of H-pyrrole nitrogens is 1. The number of rotatable bonds is 1. The van der Waals surface area contributed by atoms with Crippen LogP contribution in [0, 0.1) is 0 Å². The molecule has 0 radical (unpaired) electrons. The molecule has 0 atom stereocenters. The van der Waals surface area contributed by atoms with Crippen molar-refractivity contribution in [2.45, 2.75) is 11.4 Å². The Balaban J connectivity index is 2.15. The number of pyridine rings is 1. The van der Waals surface area contributed by atoms with Crippen molar-refractivity contribution < 1.29 is 8.42 Å². The molecular formula is C16H15N3O3S. The lowest BCUT2D eigenvalue weighted by Crippen LogP contribution is -2.16. The van der Waals surface area contributed by atoms with E-state index in [0.29, 0.717) is 12.1 Å². The summed E-state index contributed by atoms with van der Waals surface area (Å²) in [5.41, 5.74) is 3.92. The number of aromatic nitrogens is 2. The zero-order chi connectivity index (χ0) is 16.4. The first kappa shape index (κ1) is 14.1. The summed E-state index contributed by atoms with van der Waals surface area (Å²) in [5.74, 6) is 0. The average Bonchev–Trinajstić information content (AvgIpc) is 2.85. The van der Waals surface area contributed by atoms with E-state index in [0.717, 1.165) is 27.8 Å². The summed E-state index contributed by atoms with van der Waals surface area (Å²) < 4.78 is 25.3. The van der Waals surface area contributed by atoms with Crippen LogP contribution >= 0.6 is 0 Å². The first-order valence-electron chi connectivity index (χ1n) is 7.14. The number of nitrogens with zero attached hydrogens (tertiary/aromatic N) is 1. The van der Waals surface area contributed by atoms with E-state index in [-0.39, 0.29) is 10.5 Å². The van der Waals surface area contributed by atoms with Gasteiger partial charge in [-0.15, -0.1) is 0 Å². The summed E-state index contributed by atoms with van der Waals surface area (Å²) in [5, 5.41) is 4.16. The molecule has 0 bridgehead atoms. The van der Waals surface area contributed by atoms with Crippen LogP contribution in [-0.2, 0) is 23.4 Å². The first-order valence-corrected chi connectivity index (χ1v) is 9.03. The third-order valence-corrected chi connectivity index (χ3v) is 5.38. The molecule has 0 unspecified atom stereocenters. The van der Waals surface area contributed by atoms with Crippen LogP contribution in [0.4, 0.5) is 5.69 Å². The zero-order valence-corrected chi connectivity index (χ0v) is 13.5. The molecule has 1 aliphatic heterocycles. The highest BCUT2D eigenvalue weighted by atomic mass is 32.2. The summed E-state index contributed by atoms with van der Waals surface area (Å²) in [6, 6.07) is 5.04. The maximum Gasteiger partial charge on any atom is 0.274 e. The van der Waals surface area contributed by atoms with Gasteiger partial charge in [0.25, 0.3) is 5.56 Å². The fourth-order valence-electron chi connectivity index (χ4n) is 3.10. The Hall–Kier alpha value is -2.54. The molecule has 118 valence electrons. The Labute approximate surface area is 132 Å². The van der Waals surface area contributed by atoms with Crippen LogP contribution < -0.4 is 10.9 Å². The van der Waals surface area contributed by atoms with Crippen molar-refractivity contribution in [1.29, 1.82) is 0 Å². The predicted octanol–water partition coefficient (Wildman–Crippen LogP) is 1.86. The number of hydrogen-bond donors (Lipinski definition) is 2. The van der Waals surface area contributed by atoms with Gasteiger partial charge in [-0.1, -0.05) is 0 Å². The van der Waals surface area contributed by atoms with Gasteiger partial charge in [0.15, 0.2) is 9.84 Å². The minimum Gasteiger partial charge on any atom is -0.380 e. The zero-order valence-electron chi connectivity index (χ0n) is 12.7. The average molecular weight is 329 g/mol. The number of aryl methyl sites for hydroxylation is 1. The lowest BCUT2D eigenvalue weighted by molar-refractivity contribution is 0.602. The molecule has 3 heterocycles. The molecule has 0 spiro atoms. The van der Waals surface area contributed by atoms with E-state index in [9.17, 15) is 13.2 Å². The topological polar surface area (TPSA) is 84.0 Å². The third kappa shape index (κ3) is 2.00. The lowest BCUT2D eigenvalue weighted by atomic mass is 10.0. The van der Waals surface area contributed by atoms with Crippen molar-refractivity contribution in [2.24, 2.45) is 7.05 Å². The van der Waals surface area contributed by atoms with Gasteiger partial charge in [0.05, 0.1) is 4.90 Å². The number of nitrogens with one attached hydrogen (secondary N) is 2. The highest BCUT2D eigenvalue weighted by Gasteiger charge is 2.21. The van der Waals surface area contributed by atoms with E-state index < -0.39 is 9.84 Å². The fraction of sp³-hybridized carbons (Fsp3) is 0.188. The van der Waals surface area contributed by atoms with Crippen molar-refractivity contribution >= 4 is 26.4 Å². The highest BCUT2D eigenvalue weighted by Crippen LogP contribution is 2.38. The largest absolute Gasteiger partial charge is 0.380 e. The van der Waals surface area contributed by atoms with Crippen LogP contribution in [0.15, 0.2) is 40.3 Å². The van der Waals surface area contributed by atoms with Gasteiger partial charge in [0, 0.05) is 54.4 Å². The second kappa shape index (κ2) is 4.48. The maximum atomic E-state index is 12.3. The Bertz CT molecular complexity index is 1120. The maximum absolute atomic E-state index is 12.3. The molecule has 23 heavy (non-hydrogen) atoms. The number of sulfone groups is 1. The van der Waals surface area contributed by atoms with Crippen LogP contribution in [0.1, 0.15) is 5.56 Å². The molecule has 0 aliphatic carbocycles. The summed E-state index contributed by atoms with van der Waals surface area (Å²) in [6.45, 7) is 0.575. The molecule has 6 nitrogen and oxygen atoms in total. The summed E-state index contributed by atoms with van der Waals surface area (Å²) in [7, 11) is -1.61. The van der Waals surface area contributed by atoms with Crippen LogP contribution in [0.5, 0.6) is 0 Å². The van der Waals surface area contributed by atoms with E-state index in [1.165, 1.54) is 10.8 Å². The van der Waals surface area contributed by atoms with Crippen LogP contribution in [0.25, 0.3) is 22.0 Å². The van der Waals surface area contributed by atoms with Gasteiger partial charge >= 0.3 is 0 Å². The number of aromatic amines is 1. The summed E-state index contributed by atoms with van der Waals surface area (Å²) in [6.07, 6.45) is 4.78. The van der Waals surface area contributed by atoms with Crippen molar-refractivity contribution in [3.63, 3.8) is 0 Å². The monoisotopic (exact) mass is 329 g/mol. The standard InChI is InChI=1S/C16H15N3O3S/c1-19-8-12-11-5-10(23(2,21)22)3-4-13(11)17-6-9-7-18-15(14(9)12)16(19)20/h3-5,7-8,17-18H,6H2,1-2H3. The second-order valence-corrected chi connectivity index (χ2v) is 7.87. The van der Waals surface area contributed by atoms with Crippen molar-refractivity contribution in [1.82, 2.24) is 9.55 Å². The minimum atomic E-state index is -3.30. The van der Waals surface area contributed by atoms with Gasteiger partial charge in [-0.2, -0.15) is 0 Å². The second-order valence-electron chi connectivity index (χ2n) is 5.86. The highest BCUT2D eigenvalue weighted by molar-refractivity contribution is 7.90. The molecule has 0 saturated carbocycles. The van der Waals surface area contributed by atoms with Crippen LogP contribution in [-0.4, -0.2) is 24.2 Å². The predicted molar refractivity (Wildman–Crippen MR) is 89.4 cm³/mol. The summed E-state index contributed by atoms with van der Waals surface area (Å²) in [4.78, 5) is 15.6. The molecule has 0 saturated heterocycles. The van der Waals surface area contributed by atoms with Crippen LogP contribution in [0.3, 0.4) is 0 Å². The minimum absolute atomic E-state index is 0.0993. The number of hydrogen-bond acceptors (Lipinski definition) is 4. The molecule has 0 fully saturated rings. The van der Waals surface area contributed by atoms with E-state index >= 15 is 0 Å². The lowest BCUT2D eigenvalue weighted by Gasteiger charge is -2.12. The molecule has 1 aliphatic rings. The molecule has 3 aromatic rings. The normalized spacial score (nSPS) is 13.5. The smallest absolute Gasteiger partial charge is 0.274 e. The molecule has 4 rings (SSSR count). The van der Waals surface area contributed by atoms with Gasteiger partial charge in [0.2, 0.25) is 0 Å². The van der Waals surface area contributed by atoms with Gasteiger partial charge in [-0.25, -0.2) is 8.42 Å². The molecule has 7 heteroatoms. The number of anilines is 1. The molecule has 0 amide bonds. The number of fused-ring (bicyclic) bond motifs is 2. The Morgan fingerprint density at radius 1 is 1.22 bits per heavy atom. The fourth-order valence-corrected chi connectivity index (χ4v) is 3.75. The van der Waals surface area contributed by atoms with Crippen molar-refractivity contribution in [3.05, 3.63) is 46.5 Å². The van der Waals surface area contributed by atoms with Gasteiger partial charge in [0.1, 0.15) is 5.52 Å². The van der Waals surface area contributed by atoms with Crippen LogP contribution in [0.2, 0.25) is 0 Å². The molecule has 2 aromatic heterocycles. The Morgan fingerprint density at radius 2 is 2.00 bits per heavy atom.